The summed E-state index contributed by atoms with van der Waals surface area (Å²) in [7, 11) is 1.56. The third kappa shape index (κ3) is 3.88. The second-order valence-corrected chi connectivity index (χ2v) is 0.858. The first kappa shape index (κ1) is 5.88. The third-order valence-electron chi connectivity index (χ3n) is 0.395. The standard InChI is InChI=1S/C3H7N2O/c1-6-3-2-5-4/h2-3H2,1H3/q+1. The van der Waals surface area contributed by atoms with Gasteiger partial charge in [-0.25, -0.2) is 0 Å². The molecule has 3 nitrogen and oxygen atoms in total. The monoisotopic (exact) mass is 87.1 g/mol. The molecule has 0 atom stereocenters. The van der Waals surface area contributed by atoms with Crippen LogP contribution in [0, 0.1) is 0 Å². The van der Waals surface area contributed by atoms with E-state index in [1.807, 2.05) is 0 Å². The summed E-state index contributed by atoms with van der Waals surface area (Å²) in [4.78, 5) is 0. The predicted octanol–water partition coefficient (Wildman–Crippen LogP) is -0.779. The van der Waals surface area contributed by atoms with Crippen molar-refractivity contribution in [1.29, 1.82) is 0 Å². The Balaban J connectivity index is 2.34. The summed E-state index contributed by atoms with van der Waals surface area (Å²) in [6, 6.07) is 0. The van der Waals surface area contributed by atoms with Crippen molar-refractivity contribution in [3.05, 3.63) is 0 Å². The molecule has 34 valence electrons. The minimum atomic E-state index is 0.372. The van der Waals surface area contributed by atoms with Gasteiger partial charge in [0.1, 0.15) is 6.61 Å². The van der Waals surface area contributed by atoms with Gasteiger partial charge in [0.25, 0.3) is 5.84 Å². The molecular weight excluding hydrogens is 80.0 g/mol. The average molecular weight is 87.1 g/mol. The highest BCUT2D eigenvalue weighted by Gasteiger charge is 1.94. The number of ether oxygens (including phenoxy) is 1. The van der Waals surface area contributed by atoms with Crippen LogP contribution in [0.2, 0.25) is 0 Å². The number of hydrogen-bond donors (Lipinski definition) is 0. The van der Waals surface area contributed by atoms with Crippen molar-refractivity contribution in [2.75, 3.05) is 20.3 Å². The Morgan fingerprint density at radius 3 is 2.67 bits per heavy atom. The molecule has 0 rings (SSSR count). The van der Waals surface area contributed by atoms with Gasteiger partial charge in [0.15, 0.2) is 0 Å². The highest BCUT2D eigenvalue weighted by Crippen LogP contribution is 1.58. The van der Waals surface area contributed by atoms with Gasteiger partial charge < -0.3 is 4.74 Å². The number of methoxy groups -OCH3 is 1. The lowest BCUT2D eigenvalue weighted by atomic mass is 10.7. The normalized spacial score (nSPS) is 9.00. The van der Waals surface area contributed by atoms with Crippen LogP contribution in [0.4, 0.5) is 0 Å². The van der Waals surface area contributed by atoms with Gasteiger partial charge in [-0.2, -0.15) is 0 Å². The number of hydrogen-bond acceptors (Lipinski definition) is 1. The molecule has 0 spiro atoms. The summed E-state index contributed by atoms with van der Waals surface area (Å²) in [5, 5.41) is 0. The van der Waals surface area contributed by atoms with Gasteiger partial charge in [-0.05, 0) is 0 Å². The van der Waals surface area contributed by atoms with Gasteiger partial charge >= 0.3 is 0 Å². The highest BCUT2D eigenvalue weighted by atomic mass is 16.5. The molecule has 0 aliphatic carbocycles. The molecule has 6 heavy (non-hydrogen) atoms. The lowest BCUT2D eigenvalue weighted by Crippen LogP contribution is -2.07. The minimum absolute atomic E-state index is 0.372. The van der Waals surface area contributed by atoms with Crippen LogP contribution < -0.4 is 11.3 Å². The Kier molecular flexibility index (Phi) is 4.78. The van der Waals surface area contributed by atoms with E-state index in [-0.39, 0.29) is 0 Å². The van der Waals surface area contributed by atoms with Crippen molar-refractivity contribution in [3.8, 4) is 0 Å². The Morgan fingerprint density at radius 2 is 2.50 bits per heavy atom. The molecule has 0 saturated heterocycles. The molecule has 0 aromatic heterocycles. The predicted molar refractivity (Wildman–Crippen MR) is 21.0 cm³/mol. The molecule has 0 saturated carbocycles. The SMILES string of the molecule is COCC[N+][N]. The lowest BCUT2D eigenvalue weighted by Gasteiger charge is -1.79. The fraction of sp³-hybridized carbons (Fsp3) is 1.00. The van der Waals surface area contributed by atoms with E-state index in [1.165, 1.54) is 0 Å². The van der Waals surface area contributed by atoms with Gasteiger partial charge in [-0.15, -0.1) is 0 Å². The fourth-order valence-electron chi connectivity index (χ4n) is 0.132. The number of nitrogens with zero attached hydrogens (tertiary/aromatic N) is 2. The Hall–Kier alpha value is -0.120. The van der Waals surface area contributed by atoms with E-state index in [0.717, 1.165) is 0 Å². The minimum Gasteiger partial charge on any atom is -0.378 e. The molecule has 0 aliphatic rings. The Labute approximate surface area is 37.4 Å². The Morgan fingerprint density at radius 1 is 1.83 bits per heavy atom. The van der Waals surface area contributed by atoms with Crippen molar-refractivity contribution >= 4 is 0 Å². The summed E-state index contributed by atoms with van der Waals surface area (Å²) in [5.74, 6) is 7.74. The van der Waals surface area contributed by atoms with Crippen LogP contribution in [0.1, 0.15) is 0 Å². The van der Waals surface area contributed by atoms with Gasteiger partial charge in [0, 0.05) is 7.11 Å². The zero-order valence-corrected chi connectivity index (χ0v) is 3.72. The van der Waals surface area contributed by atoms with E-state index >= 15 is 0 Å². The molecule has 4 radical (unpaired) electrons. The second kappa shape index (κ2) is 4.88. The molecule has 0 aromatic rings. The maximum Gasteiger partial charge on any atom is 0.265 e. The second-order valence-electron chi connectivity index (χ2n) is 0.858. The molecule has 0 bridgehead atoms. The van der Waals surface area contributed by atoms with E-state index in [4.69, 9.17) is 5.84 Å². The van der Waals surface area contributed by atoms with Crippen molar-refractivity contribution in [1.82, 2.24) is 11.3 Å². The quantitative estimate of drug-likeness (QED) is 0.329. The lowest BCUT2D eigenvalue weighted by molar-refractivity contribution is 0.198. The van der Waals surface area contributed by atoms with Crippen molar-refractivity contribution in [3.63, 3.8) is 0 Å². The van der Waals surface area contributed by atoms with Crippen LogP contribution in [0.5, 0.6) is 0 Å². The molecule has 3 heteroatoms. The summed E-state index contributed by atoms with van der Waals surface area (Å²) >= 11 is 0. The highest BCUT2D eigenvalue weighted by molar-refractivity contribution is 4.26. The molecule has 0 unspecified atom stereocenters. The molecule has 0 N–H and O–H groups in total. The average Bonchev–Trinajstić information content (AvgIpc) is 1.61. The van der Waals surface area contributed by atoms with Gasteiger partial charge in [0.2, 0.25) is 12.0 Å². The van der Waals surface area contributed by atoms with Crippen LogP contribution in [0.15, 0.2) is 0 Å². The zero-order valence-electron chi connectivity index (χ0n) is 3.72. The van der Waals surface area contributed by atoms with Crippen LogP contribution in [0.25, 0.3) is 0 Å². The Bertz CT molecular complexity index is 20.8. The van der Waals surface area contributed by atoms with E-state index in [9.17, 15) is 0 Å². The fourth-order valence-corrected chi connectivity index (χ4v) is 0.132. The first-order valence-electron chi connectivity index (χ1n) is 1.71. The van der Waals surface area contributed by atoms with Gasteiger partial charge in [0.05, 0.1) is 0 Å². The van der Waals surface area contributed by atoms with Crippen LogP contribution in [0.3, 0.4) is 0 Å². The summed E-state index contributed by atoms with van der Waals surface area (Å²) in [6.07, 6.45) is 0. The first-order chi connectivity index (χ1) is 2.91. The van der Waals surface area contributed by atoms with Crippen molar-refractivity contribution < 1.29 is 4.74 Å². The zero-order chi connectivity index (χ0) is 4.83. The van der Waals surface area contributed by atoms with Gasteiger partial charge in [-0.3, -0.25) is 0 Å². The maximum atomic E-state index is 7.74. The van der Waals surface area contributed by atoms with E-state index in [2.05, 4.69) is 10.2 Å². The molecule has 0 heterocycles. The summed E-state index contributed by atoms with van der Waals surface area (Å²) < 4.78 is 4.53. The first-order valence-corrected chi connectivity index (χ1v) is 1.71. The molecule has 0 amide bonds. The van der Waals surface area contributed by atoms with Crippen LogP contribution >= 0.6 is 0 Å². The summed E-state index contributed by atoms with van der Waals surface area (Å²) in [6.45, 7) is 0.868. The topological polar surface area (TPSA) is 45.6 Å². The van der Waals surface area contributed by atoms with Crippen molar-refractivity contribution in [2.45, 2.75) is 0 Å². The molecular formula is C3H7N2O+. The molecule has 0 fully saturated rings. The third-order valence-corrected chi connectivity index (χ3v) is 0.395. The van der Waals surface area contributed by atoms with Gasteiger partial charge in [-0.1, -0.05) is 0 Å². The smallest absolute Gasteiger partial charge is 0.265 e. The number of rotatable bonds is 3. The van der Waals surface area contributed by atoms with Crippen LogP contribution in [-0.2, 0) is 4.74 Å². The molecule has 0 aliphatic heterocycles. The summed E-state index contributed by atoms with van der Waals surface area (Å²) in [5.41, 5.74) is 2.80. The van der Waals surface area contributed by atoms with E-state index < -0.39 is 0 Å². The van der Waals surface area contributed by atoms with Crippen molar-refractivity contribution in [2.24, 2.45) is 0 Å². The largest absolute Gasteiger partial charge is 0.378 e. The van der Waals surface area contributed by atoms with Crippen LogP contribution in [-0.4, -0.2) is 20.3 Å². The molecule has 0 aromatic carbocycles. The van der Waals surface area contributed by atoms with E-state index in [0.29, 0.717) is 13.2 Å². The maximum absolute atomic E-state index is 7.74. The van der Waals surface area contributed by atoms with E-state index in [1.54, 1.807) is 7.11 Å².